The molecule has 0 aliphatic carbocycles. The van der Waals surface area contributed by atoms with Gasteiger partial charge in [0.15, 0.2) is 0 Å². The van der Waals surface area contributed by atoms with Crippen LogP contribution in [0.2, 0.25) is 0 Å². The van der Waals surface area contributed by atoms with Crippen LogP contribution < -0.4 is 11.1 Å². The first kappa shape index (κ1) is 13.9. The Morgan fingerprint density at radius 3 is 2.76 bits per heavy atom. The van der Waals surface area contributed by atoms with E-state index in [2.05, 4.69) is 5.32 Å². The largest absolute Gasteiger partial charge is 0.481 e. The third kappa shape index (κ3) is 4.29. The SMILES string of the molecule is COC(CNC(=O)C1COCC1N)CC(=O)O. The number of carboxylic acid groups (broad SMARTS) is 1. The summed E-state index contributed by atoms with van der Waals surface area (Å²) in [6.45, 7) is 0.843. The molecule has 17 heavy (non-hydrogen) atoms. The monoisotopic (exact) mass is 246 g/mol. The molecular weight excluding hydrogens is 228 g/mol. The van der Waals surface area contributed by atoms with Crippen molar-refractivity contribution in [3.05, 3.63) is 0 Å². The Hall–Kier alpha value is -1.18. The van der Waals surface area contributed by atoms with Gasteiger partial charge in [-0.05, 0) is 0 Å². The summed E-state index contributed by atoms with van der Waals surface area (Å²) in [7, 11) is 1.41. The van der Waals surface area contributed by atoms with Gasteiger partial charge >= 0.3 is 5.97 Å². The fourth-order valence-corrected chi connectivity index (χ4v) is 1.62. The van der Waals surface area contributed by atoms with Gasteiger partial charge in [0.1, 0.15) is 0 Å². The van der Waals surface area contributed by atoms with E-state index in [0.29, 0.717) is 13.2 Å². The molecule has 3 atom stereocenters. The molecule has 0 aromatic carbocycles. The van der Waals surface area contributed by atoms with Crippen LogP contribution in [0, 0.1) is 5.92 Å². The van der Waals surface area contributed by atoms with Crippen LogP contribution in [0.1, 0.15) is 6.42 Å². The number of carbonyl (C=O) groups excluding carboxylic acids is 1. The van der Waals surface area contributed by atoms with Gasteiger partial charge in [0, 0.05) is 19.7 Å². The summed E-state index contributed by atoms with van der Waals surface area (Å²) in [6.07, 6.45) is -0.681. The second-order valence-corrected chi connectivity index (χ2v) is 4.01. The molecule has 0 spiro atoms. The number of hydrogen-bond donors (Lipinski definition) is 3. The first-order valence-corrected chi connectivity index (χ1v) is 5.40. The number of amides is 1. The summed E-state index contributed by atoms with van der Waals surface area (Å²) < 4.78 is 10.0. The average molecular weight is 246 g/mol. The highest BCUT2D eigenvalue weighted by Crippen LogP contribution is 2.11. The van der Waals surface area contributed by atoms with Crippen LogP contribution in [0.25, 0.3) is 0 Å². The van der Waals surface area contributed by atoms with Gasteiger partial charge in [-0.15, -0.1) is 0 Å². The van der Waals surface area contributed by atoms with Gasteiger partial charge in [-0.1, -0.05) is 0 Å². The molecule has 0 aromatic rings. The summed E-state index contributed by atoms with van der Waals surface area (Å²) in [5.74, 6) is -1.55. The Morgan fingerprint density at radius 2 is 2.29 bits per heavy atom. The minimum absolute atomic E-state index is 0.149. The first-order valence-electron chi connectivity index (χ1n) is 5.40. The zero-order valence-corrected chi connectivity index (χ0v) is 9.72. The highest BCUT2D eigenvalue weighted by Gasteiger charge is 2.31. The van der Waals surface area contributed by atoms with E-state index in [1.165, 1.54) is 7.11 Å². The summed E-state index contributed by atoms with van der Waals surface area (Å²) in [5.41, 5.74) is 5.69. The fraction of sp³-hybridized carbons (Fsp3) is 0.800. The first-order chi connectivity index (χ1) is 8.04. The van der Waals surface area contributed by atoms with E-state index < -0.39 is 12.1 Å². The molecule has 1 aliphatic rings. The molecule has 0 radical (unpaired) electrons. The van der Waals surface area contributed by atoms with Crippen molar-refractivity contribution in [2.24, 2.45) is 11.7 Å². The molecule has 1 heterocycles. The molecule has 7 nitrogen and oxygen atoms in total. The standard InChI is InChI=1S/C10H18N2O5/c1-16-6(2-9(13)14)3-12-10(15)7-4-17-5-8(7)11/h6-8H,2-5,11H2,1H3,(H,12,15)(H,13,14). The van der Waals surface area contributed by atoms with Crippen molar-refractivity contribution in [3.63, 3.8) is 0 Å². The lowest BCUT2D eigenvalue weighted by Crippen LogP contribution is -2.43. The number of hydrogen-bond acceptors (Lipinski definition) is 5. The number of ether oxygens (including phenoxy) is 2. The fourth-order valence-electron chi connectivity index (χ4n) is 1.62. The molecule has 1 aliphatic heterocycles. The lowest BCUT2D eigenvalue weighted by Gasteiger charge is -2.17. The Kier molecular flexibility index (Phi) is 5.33. The summed E-state index contributed by atoms with van der Waals surface area (Å²) in [5, 5.41) is 11.2. The number of nitrogens with two attached hydrogens (primary N) is 1. The third-order valence-electron chi connectivity index (χ3n) is 2.70. The Morgan fingerprint density at radius 1 is 1.59 bits per heavy atom. The zero-order chi connectivity index (χ0) is 12.8. The predicted molar refractivity (Wildman–Crippen MR) is 58.3 cm³/mol. The third-order valence-corrected chi connectivity index (χ3v) is 2.70. The molecule has 98 valence electrons. The van der Waals surface area contributed by atoms with Crippen molar-refractivity contribution in [1.82, 2.24) is 5.32 Å². The van der Waals surface area contributed by atoms with Crippen molar-refractivity contribution in [2.45, 2.75) is 18.6 Å². The molecule has 0 bridgehead atoms. The van der Waals surface area contributed by atoms with Crippen molar-refractivity contribution in [3.8, 4) is 0 Å². The average Bonchev–Trinajstić information content (AvgIpc) is 2.69. The maximum absolute atomic E-state index is 11.7. The molecule has 1 rings (SSSR count). The lowest BCUT2D eigenvalue weighted by molar-refractivity contribution is -0.140. The Balaban J connectivity index is 2.33. The van der Waals surface area contributed by atoms with Crippen molar-refractivity contribution in [2.75, 3.05) is 26.9 Å². The van der Waals surface area contributed by atoms with E-state index in [1.54, 1.807) is 0 Å². The van der Waals surface area contributed by atoms with Crippen LogP contribution >= 0.6 is 0 Å². The van der Waals surface area contributed by atoms with Gasteiger partial charge in [0.2, 0.25) is 5.91 Å². The summed E-state index contributed by atoms with van der Waals surface area (Å²) in [6, 6.07) is -0.296. The predicted octanol–water partition coefficient (Wildman–Crippen LogP) is -1.43. The second kappa shape index (κ2) is 6.53. The minimum Gasteiger partial charge on any atom is -0.481 e. The molecule has 0 aromatic heterocycles. The quantitative estimate of drug-likeness (QED) is 0.529. The van der Waals surface area contributed by atoms with E-state index in [-0.39, 0.29) is 30.8 Å². The van der Waals surface area contributed by atoms with Gasteiger partial charge in [-0.2, -0.15) is 0 Å². The molecular formula is C10H18N2O5. The van der Waals surface area contributed by atoms with Crippen LogP contribution in [-0.2, 0) is 19.1 Å². The molecule has 7 heteroatoms. The van der Waals surface area contributed by atoms with Crippen molar-refractivity contribution < 1.29 is 24.2 Å². The number of aliphatic carboxylic acids is 1. The van der Waals surface area contributed by atoms with Crippen molar-refractivity contribution in [1.29, 1.82) is 0 Å². The number of rotatable bonds is 6. The molecule has 4 N–H and O–H groups in total. The number of carboxylic acids is 1. The van der Waals surface area contributed by atoms with Gasteiger partial charge in [-0.3, -0.25) is 9.59 Å². The molecule has 1 saturated heterocycles. The number of methoxy groups -OCH3 is 1. The van der Waals surface area contributed by atoms with Crippen LogP contribution in [0.15, 0.2) is 0 Å². The van der Waals surface area contributed by atoms with E-state index in [9.17, 15) is 9.59 Å². The summed E-state index contributed by atoms with van der Waals surface area (Å²) in [4.78, 5) is 22.2. The zero-order valence-electron chi connectivity index (χ0n) is 9.72. The highest BCUT2D eigenvalue weighted by molar-refractivity contribution is 5.80. The van der Waals surface area contributed by atoms with Gasteiger partial charge in [0.05, 0.1) is 31.7 Å². The van der Waals surface area contributed by atoms with E-state index in [0.717, 1.165) is 0 Å². The molecule has 1 amide bonds. The minimum atomic E-state index is -0.966. The normalized spacial score (nSPS) is 25.5. The highest BCUT2D eigenvalue weighted by atomic mass is 16.5. The topological polar surface area (TPSA) is 111 Å². The second-order valence-electron chi connectivity index (χ2n) is 4.01. The van der Waals surface area contributed by atoms with E-state index in [4.69, 9.17) is 20.3 Å². The van der Waals surface area contributed by atoms with Gasteiger partial charge in [-0.25, -0.2) is 0 Å². The maximum Gasteiger partial charge on any atom is 0.306 e. The molecule has 1 fully saturated rings. The Labute approximate surface area is 99.3 Å². The van der Waals surface area contributed by atoms with Crippen molar-refractivity contribution >= 4 is 11.9 Å². The van der Waals surface area contributed by atoms with Gasteiger partial charge < -0.3 is 25.6 Å². The van der Waals surface area contributed by atoms with Gasteiger partial charge in [0.25, 0.3) is 0 Å². The summed E-state index contributed by atoms with van der Waals surface area (Å²) >= 11 is 0. The smallest absolute Gasteiger partial charge is 0.306 e. The van der Waals surface area contributed by atoms with Crippen LogP contribution in [0.5, 0.6) is 0 Å². The van der Waals surface area contributed by atoms with E-state index in [1.807, 2.05) is 0 Å². The van der Waals surface area contributed by atoms with Crippen LogP contribution in [0.4, 0.5) is 0 Å². The van der Waals surface area contributed by atoms with E-state index >= 15 is 0 Å². The Bertz CT molecular complexity index is 284. The van der Waals surface area contributed by atoms with Crippen LogP contribution in [0.3, 0.4) is 0 Å². The number of nitrogens with one attached hydrogen (secondary N) is 1. The lowest BCUT2D eigenvalue weighted by atomic mass is 10.0. The molecule has 3 unspecified atom stereocenters. The molecule has 0 saturated carbocycles. The number of carbonyl (C=O) groups is 2. The maximum atomic E-state index is 11.7. The van der Waals surface area contributed by atoms with Crippen LogP contribution in [-0.4, -0.2) is 56.0 Å².